The minimum atomic E-state index is -0.629. The third-order valence-electron chi connectivity index (χ3n) is 5.44. The molecule has 4 rings (SSSR count). The first-order valence-electron chi connectivity index (χ1n) is 10.4. The van der Waals surface area contributed by atoms with Crippen LogP contribution in [0.1, 0.15) is 22.8 Å². The standard InChI is InChI=1S/C26H26N4O2.ClH/c1-17(27)26(32)28-22-16-30(23-10-6-4-8-20(22)23)24-11-7-5-9-21(24)25(31)18-12-14-19(15-13-18)29(2)3;/h4-17H,27H2,1-3H3,(H,28,32);1H/t17-;/m0./s1. The number of benzene rings is 3. The molecule has 0 spiro atoms. The fraction of sp³-hybridized carbons (Fsp3) is 0.154. The predicted octanol–water partition coefficient (Wildman–Crippen LogP) is 4.64. The molecule has 0 saturated carbocycles. The molecule has 4 aromatic rings. The molecule has 3 aromatic carbocycles. The van der Waals surface area contributed by atoms with E-state index < -0.39 is 6.04 Å². The number of carbonyl (C=O) groups excluding carboxylic acids is 2. The summed E-state index contributed by atoms with van der Waals surface area (Å²) in [4.78, 5) is 27.6. The van der Waals surface area contributed by atoms with Gasteiger partial charge in [-0.25, -0.2) is 0 Å². The lowest BCUT2D eigenvalue weighted by atomic mass is 10.0. The first-order chi connectivity index (χ1) is 15.4. The second-order valence-corrected chi connectivity index (χ2v) is 8.00. The smallest absolute Gasteiger partial charge is 0.241 e. The Balaban J connectivity index is 0.00000306. The second-order valence-electron chi connectivity index (χ2n) is 8.00. The number of ketones is 1. The molecule has 0 radical (unpaired) electrons. The molecule has 0 fully saturated rings. The van der Waals surface area contributed by atoms with Crippen molar-refractivity contribution in [3.05, 3.63) is 90.1 Å². The van der Waals surface area contributed by atoms with Gasteiger partial charge in [0, 0.05) is 42.5 Å². The number of nitrogens with two attached hydrogens (primary N) is 1. The van der Waals surface area contributed by atoms with Gasteiger partial charge in [-0.2, -0.15) is 0 Å². The molecule has 6 nitrogen and oxygen atoms in total. The van der Waals surface area contributed by atoms with Crippen LogP contribution in [0.3, 0.4) is 0 Å². The van der Waals surface area contributed by atoms with Gasteiger partial charge in [0.2, 0.25) is 5.91 Å². The lowest BCUT2D eigenvalue weighted by Gasteiger charge is -2.14. The highest BCUT2D eigenvalue weighted by molar-refractivity contribution is 6.12. The first-order valence-corrected chi connectivity index (χ1v) is 10.4. The number of anilines is 2. The molecule has 1 atom stereocenters. The molecule has 0 unspecified atom stereocenters. The summed E-state index contributed by atoms with van der Waals surface area (Å²) in [5.74, 6) is -0.330. The maximum atomic E-state index is 13.4. The summed E-state index contributed by atoms with van der Waals surface area (Å²) >= 11 is 0. The van der Waals surface area contributed by atoms with E-state index in [1.54, 1.807) is 6.92 Å². The van der Waals surface area contributed by atoms with Gasteiger partial charge in [-0.3, -0.25) is 9.59 Å². The lowest BCUT2D eigenvalue weighted by Crippen LogP contribution is -2.32. The number of hydrogen-bond acceptors (Lipinski definition) is 4. The van der Waals surface area contributed by atoms with E-state index in [9.17, 15) is 9.59 Å². The number of amides is 1. The quantitative estimate of drug-likeness (QED) is 0.409. The third kappa shape index (κ3) is 4.77. The molecule has 170 valence electrons. The monoisotopic (exact) mass is 462 g/mol. The maximum Gasteiger partial charge on any atom is 0.241 e. The van der Waals surface area contributed by atoms with Crippen molar-refractivity contribution in [1.82, 2.24) is 4.57 Å². The molecule has 0 bridgehead atoms. The summed E-state index contributed by atoms with van der Waals surface area (Å²) in [5.41, 5.74) is 10.2. The highest BCUT2D eigenvalue weighted by Gasteiger charge is 2.19. The minimum Gasteiger partial charge on any atom is -0.378 e. The van der Waals surface area contributed by atoms with Crippen LogP contribution in [0, 0.1) is 0 Å². The second kappa shape index (κ2) is 9.90. The molecule has 1 amide bonds. The molecule has 1 aromatic heterocycles. The molecule has 0 aliphatic heterocycles. The van der Waals surface area contributed by atoms with Crippen LogP contribution in [0.4, 0.5) is 11.4 Å². The van der Waals surface area contributed by atoms with Gasteiger partial charge in [0.25, 0.3) is 0 Å². The van der Waals surface area contributed by atoms with E-state index in [0.717, 1.165) is 22.3 Å². The van der Waals surface area contributed by atoms with Gasteiger partial charge in [0.1, 0.15) is 0 Å². The molecule has 0 aliphatic rings. The summed E-state index contributed by atoms with van der Waals surface area (Å²) < 4.78 is 1.94. The van der Waals surface area contributed by atoms with Crippen LogP contribution in [0.2, 0.25) is 0 Å². The van der Waals surface area contributed by atoms with Crippen LogP contribution in [-0.4, -0.2) is 36.4 Å². The van der Waals surface area contributed by atoms with Crippen LogP contribution in [0.25, 0.3) is 16.6 Å². The number of rotatable bonds is 6. The van der Waals surface area contributed by atoms with Crippen molar-refractivity contribution in [2.45, 2.75) is 13.0 Å². The first kappa shape index (κ1) is 24.0. The molecule has 7 heteroatoms. The van der Waals surface area contributed by atoms with Crippen LogP contribution in [0.15, 0.2) is 79.0 Å². The summed E-state index contributed by atoms with van der Waals surface area (Å²) in [6.45, 7) is 1.64. The van der Waals surface area contributed by atoms with E-state index in [1.165, 1.54) is 0 Å². The van der Waals surface area contributed by atoms with Crippen molar-refractivity contribution in [2.75, 3.05) is 24.3 Å². The van der Waals surface area contributed by atoms with Gasteiger partial charge in [-0.05, 0) is 49.4 Å². The van der Waals surface area contributed by atoms with Crippen molar-refractivity contribution < 1.29 is 9.59 Å². The number of fused-ring (bicyclic) bond motifs is 1. The van der Waals surface area contributed by atoms with Crippen LogP contribution >= 0.6 is 12.4 Å². The number of nitrogens with zero attached hydrogens (tertiary/aromatic N) is 2. The number of aromatic nitrogens is 1. The zero-order valence-corrected chi connectivity index (χ0v) is 19.6. The van der Waals surface area contributed by atoms with Gasteiger partial charge in [-0.15, -0.1) is 12.4 Å². The van der Waals surface area contributed by atoms with Crippen molar-refractivity contribution in [2.24, 2.45) is 5.73 Å². The number of hydrogen-bond donors (Lipinski definition) is 2. The molecular weight excluding hydrogens is 436 g/mol. The third-order valence-corrected chi connectivity index (χ3v) is 5.44. The SMILES string of the molecule is C[C@H](N)C(=O)Nc1cn(-c2ccccc2C(=O)c2ccc(N(C)C)cc2)c2ccccc12.Cl. The Hall–Kier alpha value is -3.61. The van der Waals surface area contributed by atoms with Crippen LogP contribution in [0.5, 0.6) is 0 Å². The maximum absolute atomic E-state index is 13.4. The van der Waals surface area contributed by atoms with Gasteiger partial charge < -0.3 is 20.5 Å². The van der Waals surface area contributed by atoms with Gasteiger partial charge in [0.15, 0.2) is 5.78 Å². The highest BCUT2D eigenvalue weighted by Crippen LogP contribution is 2.31. The number of nitrogens with one attached hydrogen (secondary N) is 1. The zero-order chi connectivity index (χ0) is 22.8. The van der Waals surface area contributed by atoms with E-state index >= 15 is 0 Å². The molecular formula is C26H27ClN4O2. The summed E-state index contributed by atoms with van der Waals surface area (Å²) in [5, 5.41) is 3.77. The van der Waals surface area contributed by atoms with Crippen molar-refractivity contribution in [3.8, 4) is 5.69 Å². The van der Waals surface area contributed by atoms with Crippen molar-refractivity contribution >= 4 is 46.4 Å². The fourth-order valence-electron chi connectivity index (χ4n) is 3.67. The Morgan fingerprint density at radius 1 is 0.939 bits per heavy atom. The summed E-state index contributed by atoms with van der Waals surface area (Å²) in [7, 11) is 3.93. The Labute approximate surface area is 199 Å². The van der Waals surface area contributed by atoms with Gasteiger partial charge in [0.05, 0.1) is 22.9 Å². The molecule has 0 aliphatic carbocycles. The summed E-state index contributed by atoms with van der Waals surface area (Å²) in [6.07, 6.45) is 1.84. The number of halogens is 1. The fourth-order valence-corrected chi connectivity index (χ4v) is 3.67. The average Bonchev–Trinajstić information content (AvgIpc) is 3.17. The normalized spacial score (nSPS) is 11.5. The predicted molar refractivity (Wildman–Crippen MR) is 137 cm³/mol. The van der Waals surface area contributed by atoms with Gasteiger partial charge in [-0.1, -0.05) is 30.3 Å². The van der Waals surface area contributed by atoms with E-state index in [0.29, 0.717) is 16.8 Å². The van der Waals surface area contributed by atoms with E-state index in [-0.39, 0.29) is 24.1 Å². The molecule has 33 heavy (non-hydrogen) atoms. The van der Waals surface area contributed by atoms with E-state index in [2.05, 4.69) is 5.32 Å². The van der Waals surface area contributed by atoms with Crippen molar-refractivity contribution in [1.29, 1.82) is 0 Å². The number of para-hydroxylation sites is 2. The molecule has 1 heterocycles. The van der Waals surface area contributed by atoms with Gasteiger partial charge >= 0.3 is 0 Å². The summed E-state index contributed by atoms with van der Waals surface area (Å²) in [6, 6.07) is 22.2. The Morgan fingerprint density at radius 2 is 1.58 bits per heavy atom. The Morgan fingerprint density at radius 3 is 2.24 bits per heavy atom. The number of carbonyl (C=O) groups is 2. The minimum absolute atomic E-state index is 0. The van der Waals surface area contributed by atoms with Crippen LogP contribution in [-0.2, 0) is 4.79 Å². The zero-order valence-electron chi connectivity index (χ0n) is 18.8. The Kier molecular flexibility index (Phi) is 7.21. The topological polar surface area (TPSA) is 80.4 Å². The van der Waals surface area contributed by atoms with E-state index in [4.69, 9.17) is 5.73 Å². The van der Waals surface area contributed by atoms with Crippen LogP contribution < -0.4 is 16.0 Å². The molecule has 0 saturated heterocycles. The Bertz CT molecular complexity index is 1290. The highest BCUT2D eigenvalue weighted by atomic mass is 35.5. The van der Waals surface area contributed by atoms with E-state index in [1.807, 2.05) is 103 Å². The van der Waals surface area contributed by atoms with Crippen molar-refractivity contribution in [3.63, 3.8) is 0 Å². The largest absolute Gasteiger partial charge is 0.378 e. The average molecular weight is 463 g/mol. The lowest BCUT2D eigenvalue weighted by molar-refractivity contribution is -0.117. The molecule has 3 N–H and O–H groups in total.